The van der Waals surface area contributed by atoms with Gasteiger partial charge in [0.05, 0.1) is 5.56 Å². The third kappa shape index (κ3) is 10.8. The highest BCUT2D eigenvalue weighted by molar-refractivity contribution is 6.03. The number of rotatable bonds is 6. The molecule has 8 N–H and O–H groups in total. The highest BCUT2D eigenvalue weighted by Crippen LogP contribution is 2.18. The van der Waals surface area contributed by atoms with Gasteiger partial charge in [-0.3, -0.25) is 9.59 Å². The van der Waals surface area contributed by atoms with E-state index in [2.05, 4.69) is 54.3 Å². The van der Waals surface area contributed by atoms with Crippen molar-refractivity contribution in [2.24, 2.45) is 17.2 Å². The minimum Gasteiger partial charge on any atom is -0.480 e. The second kappa shape index (κ2) is 17.2. The number of carbonyl (C=O) groups excluding carboxylic acids is 1. The Balaban J connectivity index is 0.000000259. The summed E-state index contributed by atoms with van der Waals surface area (Å²) >= 11 is 0. The molecule has 8 nitrogen and oxygen atoms in total. The van der Waals surface area contributed by atoms with Crippen molar-refractivity contribution >= 4 is 39.9 Å². The second-order valence-electron chi connectivity index (χ2n) is 7.54. The van der Waals surface area contributed by atoms with Crippen LogP contribution >= 0.6 is 0 Å². The minimum absolute atomic E-state index is 0.250. The molecule has 4 rings (SSSR count). The molecule has 1 atom stereocenters. The Labute approximate surface area is 210 Å². The molecule has 0 aliphatic heterocycles. The van der Waals surface area contributed by atoms with Crippen molar-refractivity contribution in [3.05, 3.63) is 96.6 Å². The number of carboxylic acids is 2. The standard InChI is InChI=1S/C11H8O2.C10H8.C6H14N2O2.CH3NO/c12-11(13)10-7-3-5-8-4-1-2-6-9(8)10;1-2-6-10-8-4-3-7-9(10)5-1;7-4-2-1-3-5(8)6(9)10;2-1-3/h1-7H,(H,12,13);1-8H;5H,1-4,7-8H2,(H,9,10);1H,(H2,2,3). The van der Waals surface area contributed by atoms with Gasteiger partial charge in [0.2, 0.25) is 6.41 Å². The van der Waals surface area contributed by atoms with E-state index >= 15 is 0 Å². The van der Waals surface area contributed by atoms with Crippen molar-refractivity contribution in [2.45, 2.75) is 25.3 Å². The van der Waals surface area contributed by atoms with Crippen LogP contribution in [0.15, 0.2) is 91.0 Å². The Kier molecular flexibility index (Phi) is 14.2. The number of fused-ring (bicyclic) bond motifs is 2. The molecule has 190 valence electrons. The summed E-state index contributed by atoms with van der Waals surface area (Å²) < 4.78 is 0. The first-order chi connectivity index (χ1) is 17.3. The van der Waals surface area contributed by atoms with E-state index in [0.29, 0.717) is 18.5 Å². The van der Waals surface area contributed by atoms with E-state index in [1.807, 2.05) is 30.3 Å². The van der Waals surface area contributed by atoms with Crippen LogP contribution in [0.5, 0.6) is 0 Å². The molecule has 4 aromatic rings. The predicted molar refractivity (Wildman–Crippen MR) is 144 cm³/mol. The summed E-state index contributed by atoms with van der Waals surface area (Å²) in [6, 6.07) is 28.7. The van der Waals surface area contributed by atoms with Crippen molar-refractivity contribution < 1.29 is 24.6 Å². The maximum Gasteiger partial charge on any atom is 0.336 e. The van der Waals surface area contributed by atoms with E-state index in [4.69, 9.17) is 26.5 Å². The van der Waals surface area contributed by atoms with E-state index in [1.165, 1.54) is 10.8 Å². The van der Waals surface area contributed by atoms with Crippen LogP contribution in [0.4, 0.5) is 0 Å². The van der Waals surface area contributed by atoms with Gasteiger partial charge in [0.15, 0.2) is 0 Å². The number of primary amides is 1. The fraction of sp³-hybridized carbons (Fsp3) is 0.179. The molecule has 0 saturated carbocycles. The van der Waals surface area contributed by atoms with Crippen LogP contribution in [0.1, 0.15) is 29.6 Å². The van der Waals surface area contributed by atoms with Gasteiger partial charge in [0.25, 0.3) is 0 Å². The Morgan fingerprint density at radius 1 is 0.750 bits per heavy atom. The van der Waals surface area contributed by atoms with Gasteiger partial charge < -0.3 is 27.4 Å². The molecule has 0 aliphatic rings. The average molecular weight is 492 g/mol. The summed E-state index contributed by atoms with van der Waals surface area (Å²) in [5.74, 6) is -1.81. The van der Waals surface area contributed by atoms with Gasteiger partial charge in [0, 0.05) is 0 Å². The molecule has 0 spiro atoms. The van der Waals surface area contributed by atoms with E-state index in [1.54, 1.807) is 12.1 Å². The molecule has 0 aromatic heterocycles. The largest absolute Gasteiger partial charge is 0.480 e. The molecule has 0 saturated heterocycles. The van der Waals surface area contributed by atoms with Gasteiger partial charge in [-0.05, 0) is 47.0 Å². The van der Waals surface area contributed by atoms with Crippen molar-refractivity contribution in [1.29, 1.82) is 0 Å². The van der Waals surface area contributed by atoms with E-state index < -0.39 is 18.0 Å². The molecule has 0 bridgehead atoms. The molecular formula is C28H33N3O5. The number of amides is 1. The molecule has 0 fully saturated rings. The van der Waals surface area contributed by atoms with Crippen molar-refractivity contribution in [1.82, 2.24) is 0 Å². The Morgan fingerprint density at radius 3 is 1.64 bits per heavy atom. The molecule has 4 aromatic carbocycles. The monoisotopic (exact) mass is 491 g/mol. The first-order valence-corrected chi connectivity index (χ1v) is 11.3. The van der Waals surface area contributed by atoms with Gasteiger partial charge in [-0.2, -0.15) is 0 Å². The Hall–Kier alpha value is -4.27. The van der Waals surface area contributed by atoms with Crippen LogP contribution in [0.25, 0.3) is 21.5 Å². The topological polar surface area (TPSA) is 170 Å². The zero-order chi connectivity index (χ0) is 26.8. The first kappa shape index (κ1) is 29.8. The van der Waals surface area contributed by atoms with E-state index in [0.717, 1.165) is 23.6 Å². The minimum atomic E-state index is -0.933. The smallest absolute Gasteiger partial charge is 0.336 e. The zero-order valence-corrected chi connectivity index (χ0v) is 20.0. The lowest BCUT2D eigenvalue weighted by Gasteiger charge is -2.03. The number of aromatic carboxylic acids is 1. The number of carboxylic acid groups (broad SMARTS) is 2. The van der Waals surface area contributed by atoms with Crippen molar-refractivity contribution in [3.63, 3.8) is 0 Å². The lowest BCUT2D eigenvalue weighted by atomic mass is 10.1. The summed E-state index contributed by atoms with van der Waals surface area (Å²) in [5, 5.41) is 21.6. The molecule has 0 radical (unpaired) electrons. The molecule has 1 unspecified atom stereocenters. The predicted octanol–water partition coefficient (Wildman–Crippen LogP) is 4.01. The van der Waals surface area contributed by atoms with Crippen LogP contribution in [0.3, 0.4) is 0 Å². The summed E-state index contributed by atoms with van der Waals surface area (Å²) in [6.45, 7) is 0.604. The summed E-state index contributed by atoms with van der Waals surface area (Å²) in [7, 11) is 0. The lowest BCUT2D eigenvalue weighted by molar-refractivity contribution is -0.138. The molecule has 8 heteroatoms. The highest BCUT2D eigenvalue weighted by atomic mass is 16.4. The number of unbranched alkanes of at least 4 members (excludes halogenated alkanes) is 1. The van der Waals surface area contributed by atoms with Crippen LogP contribution in [0, 0.1) is 0 Å². The third-order valence-electron chi connectivity index (χ3n) is 4.97. The van der Waals surface area contributed by atoms with Crippen LogP contribution in [-0.2, 0) is 9.59 Å². The van der Waals surface area contributed by atoms with Crippen LogP contribution in [0.2, 0.25) is 0 Å². The fourth-order valence-electron chi connectivity index (χ4n) is 3.18. The molecule has 0 aliphatic carbocycles. The fourth-order valence-corrected chi connectivity index (χ4v) is 3.18. The van der Waals surface area contributed by atoms with Crippen molar-refractivity contribution in [3.8, 4) is 0 Å². The average Bonchev–Trinajstić information content (AvgIpc) is 2.89. The number of aliphatic carboxylic acids is 1. The first-order valence-electron chi connectivity index (χ1n) is 11.3. The number of nitrogens with two attached hydrogens (primary N) is 3. The summed E-state index contributed by atoms with van der Waals surface area (Å²) in [5.41, 5.74) is 14.9. The maximum absolute atomic E-state index is 10.8. The Morgan fingerprint density at radius 2 is 1.19 bits per heavy atom. The Bertz CT molecular complexity index is 1160. The van der Waals surface area contributed by atoms with Crippen LogP contribution in [-0.4, -0.2) is 41.1 Å². The molecular weight excluding hydrogens is 458 g/mol. The number of hydrogen-bond acceptors (Lipinski definition) is 5. The molecule has 0 heterocycles. The molecule has 36 heavy (non-hydrogen) atoms. The van der Waals surface area contributed by atoms with E-state index in [9.17, 15) is 9.59 Å². The highest BCUT2D eigenvalue weighted by Gasteiger charge is 2.09. The van der Waals surface area contributed by atoms with Gasteiger partial charge in [0.1, 0.15) is 6.04 Å². The maximum atomic E-state index is 10.8. The number of carbonyl (C=O) groups is 3. The summed E-state index contributed by atoms with van der Waals surface area (Å²) in [6.07, 6.45) is 2.41. The van der Waals surface area contributed by atoms with Gasteiger partial charge in [-0.15, -0.1) is 0 Å². The second-order valence-corrected chi connectivity index (χ2v) is 7.54. The van der Waals surface area contributed by atoms with Crippen molar-refractivity contribution in [2.75, 3.05) is 6.54 Å². The zero-order valence-electron chi connectivity index (χ0n) is 20.0. The van der Waals surface area contributed by atoms with Gasteiger partial charge >= 0.3 is 11.9 Å². The number of benzene rings is 4. The molecule has 1 amide bonds. The van der Waals surface area contributed by atoms with E-state index in [-0.39, 0.29) is 6.41 Å². The quantitative estimate of drug-likeness (QED) is 0.200. The SMILES string of the molecule is NC=O.NCCCCC(N)C(=O)O.O=C(O)c1cccc2ccccc12.c1ccc2ccccc2c1. The third-order valence-corrected chi connectivity index (χ3v) is 4.97. The van der Waals surface area contributed by atoms with Gasteiger partial charge in [-0.1, -0.05) is 91.3 Å². The summed E-state index contributed by atoms with van der Waals surface area (Å²) in [4.78, 5) is 29.5. The van der Waals surface area contributed by atoms with Crippen LogP contribution < -0.4 is 17.2 Å². The normalized spacial score (nSPS) is 10.4. The lowest BCUT2D eigenvalue weighted by Crippen LogP contribution is -2.29. The number of hydrogen-bond donors (Lipinski definition) is 5. The van der Waals surface area contributed by atoms with Gasteiger partial charge in [-0.25, -0.2) is 4.79 Å².